The lowest BCUT2D eigenvalue weighted by Crippen LogP contribution is -2.31. The van der Waals surface area contributed by atoms with E-state index < -0.39 is 0 Å². The summed E-state index contributed by atoms with van der Waals surface area (Å²) in [4.78, 5) is 20.9. The lowest BCUT2D eigenvalue weighted by Gasteiger charge is -2.24. The summed E-state index contributed by atoms with van der Waals surface area (Å²) in [5, 5.41) is 3.11. The topological polar surface area (TPSA) is 36.4 Å². The Labute approximate surface area is 138 Å². The fraction of sp³-hybridized carbons (Fsp3) is 0.412. The lowest BCUT2D eigenvalue weighted by molar-refractivity contribution is -0.117. The number of anilines is 1. The normalized spacial score (nSPS) is 24.9. The number of carbonyl (C=O) groups is 1. The molecule has 23 heavy (non-hydrogen) atoms. The number of likely N-dealkylation sites (tertiary alicyclic amines) is 1. The number of halogens is 1. The highest BCUT2D eigenvalue weighted by atomic mass is 32.1. The van der Waals surface area contributed by atoms with E-state index in [9.17, 15) is 9.18 Å². The number of nitrogens with zero attached hydrogens (tertiary/aromatic N) is 3. The van der Waals surface area contributed by atoms with Gasteiger partial charge in [0.25, 0.3) is 0 Å². The molecule has 2 fully saturated rings. The molecule has 0 unspecified atom stereocenters. The minimum Gasteiger partial charge on any atom is -0.312 e. The van der Waals surface area contributed by atoms with Gasteiger partial charge in [-0.2, -0.15) is 0 Å². The molecule has 1 aromatic heterocycles. The van der Waals surface area contributed by atoms with Crippen molar-refractivity contribution in [2.24, 2.45) is 5.41 Å². The largest absolute Gasteiger partial charge is 0.312 e. The van der Waals surface area contributed by atoms with Crippen molar-refractivity contribution in [3.63, 3.8) is 0 Å². The molecule has 0 saturated carbocycles. The van der Waals surface area contributed by atoms with E-state index in [1.807, 2.05) is 17.6 Å². The summed E-state index contributed by atoms with van der Waals surface area (Å²) in [5.41, 5.74) is 0.672. The molecule has 4 rings (SSSR count). The van der Waals surface area contributed by atoms with Crippen molar-refractivity contribution in [1.29, 1.82) is 0 Å². The summed E-state index contributed by atoms with van der Waals surface area (Å²) in [6, 6.07) is 6.32. The Morgan fingerprint density at radius 2 is 2.26 bits per heavy atom. The zero-order chi connectivity index (χ0) is 15.9. The number of thiazole rings is 1. The molecule has 0 aliphatic carbocycles. The maximum Gasteiger partial charge on any atom is 0.227 e. The van der Waals surface area contributed by atoms with E-state index in [0.29, 0.717) is 18.7 Å². The molecule has 4 nitrogen and oxygen atoms in total. The van der Waals surface area contributed by atoms with Crippen LogP contribution in [0.2, 0.25) is 0 Å². The molecule has 1 spiro atoms. The molecule has 120 valence electrons. The number of benzene rings is 1. The summed E-state index contributed by atoms with van der Waals surface area (Å²) in [6.07, 6.45) is 3.39. The molecular weight excluding hydrogens is 313 g/mol. The van der Waals surface area contributed by atoms with Gasteiger partial charge in [-0.3, -0.25) is 9.69 Å². The molecule has 0 N–H and O–H groups in total. The van der Waals surface area contributed by atoms with Crippen LogP contribution in [0.3, 0.4) is 0 Å². The van der Waals surface area contributed by atoms with Crippen LogP contribution >= 0.6 is 11.3 Å². The second-order valence-corrected chi connectivity index (χ2v) is 7.50. The SMILES string of the molecule is O=C1C[C@@]2(CCN(Cc3nccs3)C2)CN1c1cccc(F)c1. The summed E-state index contributed by atoms with van der Waals surface area (Å²) < 4.78 is 13.4. The maximum atomic E-state index is 13.4. The smallest absolute Gasteiger partial charge is 0.227 e. The number of hydrogen-bond acceptors (Lipinski definition) is 4. The summed E-state index contributed by atoms with van der Waals surface area (Å²) in [5.74, 6) is -0.195. The van der Waals surface area contributed by atoms with Crippen LogP contribution in [0, 0.1) is 11.2 Å². The summed E-state index contributed by atoms with van der Waals surface area (Å²) in [6.45, 7) is 3.44. The minimum atomic E-state index is -0.298. The van der Waals surface area contributed by atoms with Gasteiger partial charge in [-0.25, -0.2) is 9.37 Å². The van der Waals surface area contributed by atoms with Gasteiger partial charge in [0.05, 0.1) is 6.54 Å². The van der Waals surface area contributed by atoms with E-state index in [2.05, 4.69) is 9.88 Å². The third-order valence-electron chi connectivity index (χ3n) is 4.80. The average molecular weight is 331 g/mol. The third kappa shape index (κ3) is 2.88. The first kappa shape index (κ1) is 14.8. The van der Waals surface area contributed by atoms with Crippen LogP contribution in [0.5, 0.6) is 0 Å². The predicted molar refractivity (Wildman–Crippen MR) is 87.8 cm³/mol. The van der Waals surface area contributed by atoms with Crippen LogP contribution in [0.4, 0.5) is 10.1 Å². The first-order chi connectivity index (χ1) is 11.1. The quantitative estimate of drug-likeness (QED) is 0.868. The lowest BCUT2D eigenvalue weighted by atomic mass is 9.86. The van der Waals surface area contributed by atoms with Gasteiger partial charge in [0.2, 0.25) is 5.91 Å². The fourth-order valence-corrected chi connectivity index (χ4v) is 4.39. The Kier molecular flexibility index (Phi) is 3.66. The van der Waals surface area contributed by atoms with Crippen molar-refractivity contribution >= 4 is 22.9 Å². The van der Waals surface area contributed by atoms with E-state index in [4.69, 9.17) is 0 Å². The van der Waals surface area contributed by atoms with Crippen molar-refractivity contribution < 1.29 is 9.18 Å². The van der Waals surface area contributed by atoms with Crippen LogP contribution in [0.25, 0.3) is 0 Å². The monoisotopic (exact) mass is 331 g/mol. The Morgan fingerprint density at radius 3 is 3.04 bits per heavy atom. The van der Waals surface area contributed by atoms with Gasteiger partial charge >= 0.3 is 0 Å². The minimum absolute atomic E-state index is 0.000655. The van der Waals surface area contributed by atoms with Crippen LogP contribution in [-0.2, 0) is 11.3 Å². The highest BCUT2D eigenvalue weighted by molar-refractivity contribution is 7.09. The van der Waals surface area contributed by atoms with Crippen molar-refractivity contribution in [3.05, 3.63) is 46.7 Å². The average Bonchev–Trinajstić information content (AvgIpc) is 3.22. The molecule has 2 saturated heterocycles. The Balaban J connectivity index is 1.48. The molecule has 1 aromatic carbocycles. The number of amides is 1. The van der Waals surface area contributed by atoms with E-state index >= 15 is 0 Å². The number of aromatic nitrogens is 1. The van der Waals surface area contributed by atoms with E-state index in [0.717, 1.165) is 31.1 Å². The predicted octanol–water partition coefficient (Wildman–Crippen LogP) is 2.91. The van der Waals surface area contributed by atoms with Gasteiger partial charge < -0.3 is 4.90 Å². The molecule has 0 bridgehead atoms. The summed E-state index contributed by atoms with van der Waals surface area (Å²) >= 11 is 1.67. The second kappa shape index (κ2) is 5.69. The van der Waals surface area contributed by atoms with Crippen LogP contribution in [-0.4, -0.2) is 35.4 Å². The molecule has 1 atom stereocenters. The molecule has 1 amide bonds. The highest BCUT2D eigenvalue weighted by Crippen LogP contribution is 2.42. The van der Waals surface area contributed by atoms with Crippen LogP contribution in [0.15, 0.2) is 35.8 Å². The third-order valence-corrected chi connectivity index (χ3v) is 5.56. The second-order valence-electron chi connectivity index (χ2n) is 6.52. The van der Waals surface area contributed by atoms with E-state index in [-0.39, 0.29) is 17.1 Å². The zero-order valence-corrected chi connectivity index (χ0v) is 13.6. The van der Waals surface area contributed by atoms with Crippen molar-refractivity contribution in [3.8, 4) is 0 Å². The fourth-order valence-electron chi connectivity index (χ4n) is 3.73. The molecule has 2 aromatic rings. The highest BCUT2D eigenvalue weighted by Gasteiger charge is 2.47. The van der Waals surface area contributed by atoms with Crippen molar-refractivity contribution in [1.82, 2.24) is 9.88 Å². The first-order valence-electron chi connectivity index (χ1n) is 7.80. The van der Waals surface area contributed by atoms with Gasteiger partial charge in [0, 0.05) is 42.2 Å². The van der Waals surface area contributed by atoms with Gasteiger partial charge in [0.1, 0.15) is 10.8 Å². The van der Waals surface area contributed by atoms with Gasteiger partial charge in [-0.05, 0) is 31.2 Å². The molecule has 6 heteroatoms. The van der Waals surface area contributed by atoms with Gasteiger partial charge in [-0.1, -0.05) is 6.07 Å². The van der Waals surface area contributed by atoms with Crippen molar-refractivity contribution in [2.45, 2.75) is 19.4 Å². The van der Waals surface area contributed by atoms with Crippen molar-refractivity contribution in [2.75, 3.05) is 24.5 Å². The Bertz CT molecular complexity index is 720. The number of carbonyl (C=O) groups excluding carboxylic acids is 1. The van der Waals surface area contributed by atoms with Gasteiger partial charge in [0.15, 0.2) is 0 Å². The molecular formula is C17H18FN3OS. The Hall–Kier alpha value is -1.79. The molecule has 3 heterocycles. The zero-order valence-electron chi connectivity index (χ0n) is 12.7. The van der Waals surface area contributed by atoms with Crippen LogP contribution < -0.4 is 4.90 Å². The van der Waals surface area contributed by atoms with Crippen LogP contribution in [0.1, 0.15) is 17.8 Å². The Morgan fingerprint density at radius 1 is 1.35 bits per heavy atom. The molecule has 2 aliphatic rings. The van der Waals surface area contributed by atoms with Gasteiger partial charge in [-0.15, -0.1) is 11.3 Å². The number of hydrogen-bond donors (Lipinski definition) is 0. The molecule has 0 radical (unpaired) electrons. The maximum absolute atomic E-state index is 13.4. The van der Waals surface area contributed by atoms with E-state index in [1.54, 1.807) is 22.3 Å². The van der Waals surface area contributed by atoms with E-state index in [1.165, 1.54) is 12.1 Å². The molecule has 2 aliphatic heterocycles. The standard InChI is InChI=1S/C17H18FN3OS/c18-13-2-1-3-14(8-13)21-12-17(9-16(21)22)4-6-20(11-17)10-15-19-5-7-23-15/h1-3,5,7-8H,4,6,9-12H2/t17-/m1/s1. The first-order valence-corrected chi connectivity index (χ1v) is 8.68. The summed E-state index contributed by atoms with van der Waals surface area (Å²) in [7, 11) is 0. The number of rotatable bonds is 3.